The molecule has 0 radical (unpaired) electrons. The van der Waals surface area contributed by atoms with Crippen molar-refractivity contribution in [2.75, 3.05) is 18.0 Å². The lowest BCUT2D eigenvalue weighted by Gasteiger charge is -2.29. The topological polar surface area (TPSA) is 57.9 Å². The van der Waals surface area contributed by atoms with Gasteiger partial charge in [0, 0.05) is 19.3 Å². The Kier molecular flexibility index (Phi) is 6.03. The molecular weight excluding hydrogens is 452 g/mol. The Morgan fingerprint density at radius 1 is 1.06 bits per heavy atom. The Morgan fingerprint density at radius 2 is 1.82 bits per heavy atom. The van der Waals surface area contributed by atoms with Crippen LogP contribution >= 0.6 is 24.0 Å². The quantitative estimate of drug-likeness (QED) is 0.411. The minimum absolute atomic E-state index is 0.169. The number of hydrogen-bond acceptors (Lipinski definition) is 6. The van der Waals surface area contributed by atoms with Gasteiger partial charge in [-0.15, -0.1) is 0 Å². The van der Waals surface area contributed by atoms with Crippen molar-refractivity contribution in [2.24, 2.45) is 0 Å². The third-order valence-electron chi connectivity index (χ3n) is 5.97. The molecule has 0 spiro atoms. The summed E-state index contributed by atoms with van der Waals surface area (Å²) in [5.41, 5.74) is 2.86. The summed E-state index contributed by atoms with van der Waals surface area (Å²) in [6.07, 6.45) is 6.79. The summed E-state index contributed by atoms with van der Waals surface area (Å²) < 4.78 is 2.07. The highest BCUT2D eigenvalue weighted by Gasteiger charge is 2.33. The van der Waals surface area contributed by atoms with Crippen LogP contribution in [0.3, 0.4) is 0 Å². The van der Waals surface area contributed by atoms with Crippen LogP contribution in [-0.4, -0.2) is 37.6 Å². The van der Waals surface area contributed by atoms with Crippen LogP contribution in [0.2, 0.25) is 0 Å². The third-order valence-corrected chi connectivity index (χ3v) is 7.35. The summed E-state index contributed by atoms with van der Waals surface area (Å²) in [6, 6.07) is 13.6. The van der Waals surface area contributed by atoms with E-state index in [9.17, 15) is 9.59 Å². The van der Waals surface area contributed by atoms with Gasteiger partial charge in [-0.3, -0.25) is 18.9 Å². The summed E-state index contributed by atoms with van der Waals surface area (Å²) in [5.74, 6) is 0.476. The number of thioether (sulfide) groups is 1. The smallest absolute Gasteiger partial charge is 0.267 e. The molecule has 2 aliphatic heterocycles. The van der Waals surface area contributed by atoms with Gasteiger partial charge in [0.2, 0.25) is 0 Å². The van der Waals surface area contributed by atoms with E-state index >= 15 is 0 Å². The average Bonchev–Trinajstić information content (AvgIpc) is 3.09. The number of fused-ring (bicyclic) bond motifs is 1. The molecule has 3 aromatic rings. The van der Waals surface area contributed by atoms with Crippen molar-refractivity contribution < 1.29 is 4.79 Å². The van der Waals surface area contributed by atoms with Gasteiger partial charge in [-0.2, -0.15) is 0 Å². The van der Waals surface area contributed by atoms with Gasteiger partial charge in [0.15, 0.2) is 0 Å². The Balaban J connectivity index is 1.58. The summed E-state index contributed by atoms with van der Waals surface area (Å²) in [6.45, 7) is 4.06. The van der Waals surface area contributed by atoms with Gasteiger partial charge in [-0.05, 0) is 49.5 Å². The van der Waals surface area contributed by atoms with E-state index in [-0.39, 0.29) is 11.5 Å². The van der Waals surface area contributed by atoms with E-state index in [2.05, 4.69) is 4.90 Å². The van der Waals surface area contributed by atoms with Gasteiger partial charge in [0.1, 0.15) is 15.8 Å². The number of hydrogen-bond donors (Lipinski definition) is 0. The fourth-order valence-corrected chi connectivity index (χ4v) is 5.49. The first-order valence-corrected chi connectivity index (χ1v) is 12.3. The molecule has 0 bridgehead atoms. The van der Waals surface area contributed by atoms with Gasteiger partial charge in [0.05, 0.1) is 17.0 Å². The van der Waals surface area contributed by atoms with Gasteiger partial charge < -0.3 is 4.90 Å². The monoisotopic (exact) mass is 476 g/mol. The molecule has 1 aromatic carbocycles. The zero-order valence-corrected chi connectivity index (χ0v) is 20.0. The summed E-state index contributed by atoms with van der Waals surface area (Å²) in [4.78, 5) is 35.9. The van der Waals surface area contributed by atoms with Gasteiger partial charge in [-0.1, -0.05) is 60.4 Å². The third kappa shape index (κ3) is 4.32. The number of pyridine rings is 1. The molecule has 6 nitrogen and oxygen atoms in total. The van der Waals surface area contributed by atoms with Crippen molar-refractivity contribution >= 4 is 51.7 Å². The Hall–Kier alpha value is -2.97. The number of carbonyl (C=O) groups excluding carboxylic acids is 1. The summed E-state index contributed by atoms with van der Waals surface area (Å²) in [7, 11) is 0. The fraction of sp³-hybridized carbons (Fsp3) is 0.280. The van der Waals surface area contributed by atoms with E-state index in [0.717, 1.165) is 37.1 Å². The summed E-state index contributed by atoms with van der Waals surface area (Å²) >= 11 is 6.76. The Labute approximate surface area is 201 Å². The van der Waals surface area contributed by atoms with Crippen molar-refractivity contribution in [3.63, 3.8) is 0 Å². The van der Waals surface area contributed by atoms with E-state index in [1.807, 2.05) is 49.4 Å². The maximum Gasteiger partial charge on any atom is 0.267 e. The number of aromatic nitrogens is 2. The number of aryl methyl sites for hydroxylation is 1. The number of piperidine rings is 1. The molecule has 2 saturated heterocycles. The van der Waals surface area contributed by atoms with Crippen LogP contribution in [0.4, 0.5) is 5.82 Å². The largest absolute Gasteiger partial charge is 0.356 e. The van der Waals surface area contributed by atoms with Crippen LogP contribution in [0.15, 0.2) is 58.4 Å². The second-order valence-corrected chi connectivity index (χ2v) is 10.1. The molecule has 5 rings (SSSR count). The van der Waals surface area contributed by atoms with Crippen LogP contribution < -0.4 is 10.5 Å². The molecule has 33 heavy (non-hydrogen) atoms. The van der Waals surface area contributed by atoms with Crippen molar-refractivity contribution in [1.82, 2.24) is 14.3 Å². The minimum atomic E-state index is -0.174. The molecule has 0 N–H and O–H groups in total. The van der Waals surface area contributed by atoms with E-state index in [0.29, 0.717) is 32.8 Å². The van der Waals surface area contributed by atoms with Gasteiger partial charge in [-0.25, -0.2) is 4.98 Å². The molecular formula is C25H24N4O2S2. The molecule has 2 aliphatic rings. The highest BCUT2D eigenvalue weighted by molar-refractivity contribution is 8.26. The second-order valence-electron chi connectivity index (χ2n) is 8.39. The molecule has 1 amide bonds. The van der Waals surface area contributed by atoms with Gasteiger partial charge >= 0.3 is 0 Å². The predicted molar refractivity (Wildman–Crippen MR) is 137 cm³/mol. The van der Waals surface area contributed by atoms with Crippen LogP contribution in [-0.2, 0) is 11.3 Å². The lowest BCUT2D eigenvalue weighted by atomic mass is 10.1. The number of rotatable bonds is 4. The van der Waals surface area contributed by atoms with Crippen molar-refractivity contribution in [2.45, 2.75) is 32.7 Å². The van der Waals surface area contributed by atoms with Gasteiger partial charge in [0.25, 0.3) is 11.5 Å². The van der Waals surface area contributed by atoms with Crippen LogP contribution in [0, 0.1) is 6.92 Å². The number of anilines is 1. The standard InChI is InChI=1S/C25H24N4O2S2/c1-17-10-11-21-26-22(27-12-6-3-7-13-27)19(23(30)28(21)15-17)14-20-24(31)29(25(32)33-20)16-18-8-4-2-5-9-18/h2,4-5,8-11,14-15H,3,6-7,12-13,16H2,1H3. The lowest BCUT2D eigenvalue weighted by molar-refractivity contribution is -0.122. The maximum atomic E-state index is 13.6. The molecule has 0 saturated carbocycles. The highest BCUT2D eigenvalue weighted by atomic mass is 32.2. The maximum absolute atomic E-state index is 13.6. The van der Waals surface area contributed by atoms with E-state index in [1.54, 1.807) is 21.6 Å². The van der Waals surface area contributed by atoms with Crippen molar-refractivity contribution in [3.05, 3.63) is 80.6 Å². The van der Waals surface area contributed by atoms with Crippen LogP contribution in [0.5, 0.6) is 0 Å². The molecule has 4 heterocycles. The highest BCUT2D eigenvalue weighted by Crippen LogP contribution is 2.34. The second kappa shape index (κ2) is 9.11. The molecule has 2 aromatic heterocycles. The Bertz CT molecular complexity index is 1330. The predicted octanol–water partition coefficient (Wildman–Crippen LogP) is 4.39. The van der Waals surface area contributed by atoms with Crippen LogP contribution in [0.25, 0.3) is 11.7 Å². The van der Waals surface area contributed by atoms with Crippen molar-refractivity contribution in [1.29, 1.82) is 0 Å². The average molecular weight is 477 g/mol. The SMILES string of the molecule is Cc1ccc2nc(N3CCCCC3)c(C=C3SC(=S)N(Cc4ccccc4)C3=O)c(=O)n2c1. The molecule has 0 atom stereocenters. The molecule has 168 valence electrons. The molecule has 2 fully saturated rings. The van der Waals surface area contributed by atoms with Crippen LogP contribution in [0.1, 0.15) is 36.0 Å². The number of benzene rings is 1. The zero-order chi connectivity index (χ0) is 22.9. The number of amides is 1. The van der Waals surface area contributed by atoms with E-state index < -0.39 is 0 Å². The molecule has 0 unspecified atom stereocenters. The number of carbonyl (C=O) groups is 1. The first-order valence-electron chi connectivity index (χ1n) is 11.1. The van der Waals surface area contributed by atoms with E-state index in [4.69, 9.17) is 17.2 Å². The zero-order valence-electron chi connectivity index (χ0n) is 18.4. The molecule has 8 heteroatoms. The fourth-order valence-electron chi connectivity index (χ4n) is 4.25. The number of nitrogens with zero attached hydrogens (tertiary/aromatic N) is 4. The Morgan fingerprint density at radius 3 is 2.58 bits per heavy atom. The number of thiocarbonyl (C=S) groups is 1. The van der Waals surface area contributed by atoms with E-state index in [1.165, 1.54) is 18.2 Å². The lowest BCUT2D eigenvalue weighted by Crippen LogP contribution is -2.33. The minimum Gasteiger partial charge on any atom is -0.356 e. The first-order chi connectivity index (χ1) is 16.0. The first kappa shape index (κ1) is 21.9. The van der Waals surface area contributed by atoms with Crippen molar-refractivity contribution in [3.8, 4) is 0 Å². The molecule has 0 aliphatic carbocycles. The normalized spacial score (nSPS) is 18.0. The summed E-state index contributed by atoms with van der Waals surface area (Å²) in [5, 5.41) is 0.